The summed E-state index contributed by atoms with van der Waals surface area (Å²) in [4.78, 5) is 29.6. The zero-order valence-corrected chi connectivity index (χ0v) is 16.2. The van der Waals surface area contributed by atoms with Crippen LogP contribution in [-0.4, -0.2) is 59.0 Å². The van der Waals surface area contributed by atoms with E-state index in [2.05, 4.69) is 25.2 Å². The fourth-order valence-corrected chi connectivity index (χ4v) is 3.22. The van der Waals surface area contributed by atoms with Crippen molar-refractivity contribution in [2.75, 3.05) is 43.5 Å². The van der Waals surface area contributed by atoms with Gasteiger partial charge in [0.1, 0.15) is 11.4 Å². The molecule has 0 saturated carbocycles. The Morgan fingerprint density at radius 2 is 1.72 bits per heavy atom. The van der Waals surface area contributed by atoms with Gasteiger partial charge in [0.2, 0.25) is 5.95 Å². The number of hydrogen-bond donors (Lipinski definition) is 1. The summed E-state index contributed by atoms with van der Waals surface area (Å²) < 4.78 is 5.34. The Morgan fingerprint density at radius 3 is 2.41 bits per heavy atom. The molecular weight excluding hydrogens is 368 g/mol. The number of hydrogen-bond acceptors (Lipinski definition) is 7. The molecule has 1 saturated heterocycles. The fraction of sp³-hybridized carbons (Fsp3) is 0.238. The highest BCUT2D eigenvalue weighted by molar-refractivity contribution is 5.92. The molecule has 0 atom stereocenters. The molecule has 2 aromatic heterocycles. The third-order valence-corrected chi connectivity index (χ3v) is 4.77. The van der Waals surface area contributed by atoms with Crippen molar-refractivity contribution < 1.29 is 9.53 Å². The van der Waals surface area contributed by atoms with Gasteiger partial charge in [-0.2, -0.15) is 0 Å². The number of nitrogens with one attached hydrogen (secondary N) is 1. The van der Waals surface area contributed by atoms with Crippen LogP contribution in [0.2, 0.25) is 0 Å². The lowest BCUT2D eigenvalue weighted by atomic mass is 10.2. The number of para-hydroxylation sites is 2. The number of amides is 1. The van der Waals surface area contributed by atoms with Crippen LogP contribution in [0, 0.1) is 0 Å². The number of aromatic nitrogens is 3. The molecule has 1 aromatic carbocycles. The highest BCUT2D eigenvalue weighted by atomic mass is 16.5. The molecule has 0 bridgehead atoms. The average Bonchev–Trinajstić information content (AvgIpc) is 2.80. The van der Waals surface area contributed by atoms with Crippen molar-refractivity contribution in [2.24, 2.45) is 0 Å². The summed E-state index contributed by atoms with van der Waals surface area (Å²) in [7, 11) is 1.63. The van der Waals surface area contributed by atoms with Crippen molar-refractivity contribution in [3.63, 3.8) is 0 Å². The minimum absolute atomic E-state index is 0.0672. The first kappa shape index (κ1) is 18.7. The molecule has 4 rings (SSSR count). The van der Waals surface area contributed by atoms with Gasteiger partial charge in [0.15, 0.2) is 0 Å². The number of pyridine rings is 1. The van der Waals surface area contributed by atoms with Crippen LogP contribution in [0.4, 0.5) is 17.3 Å². The highest BCUT2D eigenvalue weighted by Crippen LogP contribution is 2.26. The quantitative estimate of drug-likeness (QED) is 0.717. The minimum Gasteiger partial charge on any atom is -0.495 e. The Kier molecular flexibility index (Phi) is 5.51. The average molecular weight is 390 g/mol. The van der Waals surface area contributed by atoms with Gasteiger partial charge in [-0.1, -0.05) is 12.1 Å². The zero-order chi connectivity index (χ0) is 20.1. The van der Waals surface area contributed by atoms with Gasteiger partial charge in [-0.15, -0.1) is 0 Å². The molecule has 1 aliphatic rings. The predicted octanol–water partition coefficient (Wildman–Crippen LogP) is 2.59. The Hall–Kier alpha value is -3.68. The van der Waals surface area contributed by atoms with Crippen LogP contribution in [-0.2, 0) is 0 Å². The Balaban J connectivity index is 1.37. The van der Waals surface area contributed by atoms with E-state index in [1.165, 1.54) is 0 Å². The van der Waals surface area contributed by atoms with Gasteiger partial charge in [0, 0.05) is 38.6 Å². The topological polar surface area (TPSA) is 83.5 Å². The second-order valence-electron chi connectivity index (χ2n) is 6.59. The maximum Gasteiger partial charge on any atom is 0.272 e. The largest absolute Gasteiger partial charge is 0.495 e. The number of ether oxygens (including phenoxy) is 1. The molecule has 1 amide bonds. The lowest BCUT2D eigenvalue weighted by Crippen LogP contribution is -2.49. The summed E-state index contributed by atoms with van der Waals surface area (Å²) >= 11 is 0. The van der Waals surface area contributed by atoms with E-state index >= 15 is 0 Å². The lowest BCUT2D eigenvalue weighted by Gasteiger charge is -2.34. The number of nitrogens with zero attached hydrogens (tertiary/aromatic N) is 5. The van der Waals surface area contributed by atoms with Crippen LogP contribution in [0.1, 0.15) is 10.5 Å². The van der Waals surface area contributed by atoms with Gasteiger partial charge >= 0.3 is 0 Å². The van der Waals surface area contributed by atoms with E-state index in [1.54, 1.807) is 37.8 Å². The number of piperazine rings is 1. The fourth-order valence-electron chi connectivity index (χ4n) is 3.22. The summed E-state index contributed by atoms with van der Waals surface area (Å²) in [6.45, 7) is 2.62. The van der Waals surface area contributed by atoms with Crippen molar-refractivity contribution >= 4 is 23.2 Å². The summed E-state index contributed by atoms with van der Waals surface area (Å²) in [6.07, 6.45) is 5.11. The van der Waals surface area contributed by atoms with E-state index in [0.29, 0.717) is 37.8 Å². The normalized spacial score (nSPS) is 13.8. The van der Waals surface area contributed by atoms with E-state index in [0.717, 1.165) is 17.1 Å². The molecular formula is C21H22N6O2. The van der Waals surface area contributed by atoms with Crippen LogP contribution in [0.3, 0.4) is 0 Å². The van der Waals surface area contributed by atoms with Gasteiger partial charge < -0.3 is 19.9 Å². The molecule has 0 aliphatic carbocycles. The third kappa shape index (κ3) is 4.26. The first-order chi connectivity index (χ1) is 14.2. The molecule has 1 fully saturated rings. The van der Waals surface area contributed by atoms with Gasteiger partial charge in [0.25, 0.3) is 5.91 Å². The monoisotopic (exact) mass is 390 g/mol. The second-order valence-corrected chi connectivity index (χ2v) is 6.59. The van der Waals surface area contributed by atoms with Crippen LogP contribution in [0.25, 0.3) is 0 Å². The smallest absolute Gasteiger partial charge is 0.272 e. The zero-order valence-electron chi connectivity index (χ0n) is 16.2. The molecule has 148 valence electrons. The Morgan fingerprint density at radius 1 is 0.966 bits per heavy atom. The SMILES string of the molecule is COc1ccccc1Nc1ccc(C(=O)N2CCN(c3ncccn3)CC2)nc1. The van der Waals surface area contributed by atoms with E-state index in [1.807, 2.05) is 35.2 Å². The molecule has 0 radical (unpaired) electrons. The van der Waals surface area contributed by atoms with E-state index in [4.69, 9.17) is 4.74 Å². The van der Waals surface area contributed by atoms with E-state index in [9.17, 15) is 4.79 Å². The van der Waals surface area contributed by atoms with Gasteiger partial charge in [-0.05, 0) is 30.3 Å². The van der Waals surface area contributed by atoms with Crippen LogP contribution in [0.15, 0.2) is 61.1 Å². The van der Waals surface area contributed by atoms with Crippen molar-refractivity contribution in [2.45, 2.75) is 0 Å². The minimum atomic E-state index is -0.0672. The first-order valence-corrected chi connectivity index (χ1v) is 9.42. The van der Waals surface area contributed by atoms with Gasteiger partial charge in [-0.3, -0.25) is 4.79 Å². The predicted molar refractivity (Wildman–Crippen MR) is 111 cm³/mol. The molecule has 0 spiro atoms. The summed E-state index contributed by atoms with van der Waals surface area (Å²) in [5, 5.41) is 3.26. The molecule has 8 heteroatoms. The molecule has 3 aromatic rings. The van der Waals surface area contributed by atoms with Crippen molar-refractivity contribution in [1.82, 2.24) is 19.9 Å². The van der Waals surface area contributed by atoms with Crippen molar-refractivity contribution in [1.29, 1.82) is 0 Å². The number of carbonyl (C=O) groups is 1. The third-order valence-electron chi connectivity index (χ3n) is 4.77. The maximum absolute atomic E-state index is 12.8. The molecule has 1 aliphatic heterocycles. The second kappa shape index (κ2) is 8.55. The summed E-state index contributed by atoms with van der Waals surface area (Å²) in [5.74, 6) is 1.37. The number of methoxy groups -OCH3 is 1. The summed E-state index contributed by atoms with van der Waals surface area (Å²) in [6, 6.07) is 13.0. The number of carbonyl (C=O) groups excluding carboxylic acids is 1. The molecule has 29 heavy (non-hydrogen) atoms. The van der Waals surface area contributed by atoms with Crippen LogP contribution in [0.5, 0.6) is 5.75 Å². The Labute approximate surface area is 169 Å². The first-order valence-electron chi connectivity index (χ1n) is 9.42. The van der Waals surface area contributed by atoms with Gasteiger partial charge in [0.05, 0.1) is 24.7 Å². The number of anilines is 3. The molecule has 3 heterocycles. The Bertz CT molecular complexity index is 956. The molecule has 1 N–H and O–H groups in total. The number of rotatable bonds is 5. The van der Waals surface area contributed by atoms with Gasteiger partial charge in [-0.25, -0.2) is 15.0 Å². The molecule has 8 nitrogen and oxygen atoms in total. The number of benzene rings is 1. The van der Waals surface area contributed by atoms with Crippen LogP contribution < -0.4 is 15.0 Å². The maximum atomic E-state index is 12.8. The standard InChI is InChI=1S/C21H22N6O2/c1-29-19-6-3-2-5-17(19)25-16-7-8-18(24-15-16)20(28)26-11-13-27(14-12-26)21-22-9-4-10-23-21/h2-10,15,25H,11-14H2,1H3. The van der Waals surface area contributed by atoms with Crippen LogP contribution >= 0.6 is 0 Å². The van der Waals surface area contributed by atoms with E-state index < -0.39 is 0 Å². The highest BCUT2D eigenvalue weighted by Gasteiger charge is 2.24. The lowest BCUT2D eigenvalue weighted by molar-refractivity contribution is 0.0740. The molecule has 0 unspecified atom stereocenters. The van der Waals surface area contributed by atoms with E-state index in [-0.39, 0.29) is 5.91 Å². The van der Waals surface area contributed by atoms with Crippen molar-refractivity contribution in [3.8, 4) is 5.75 Å². The summed E-state index contributed by atoms with van der Waals surface area (Å²) in [5.41, 5.74) is 2.06. The van der Waals surface area contributed by atoms with Crippen molar-refractivity contribution in [3.05, 3.63) is 66.7 Å².